The molecule has 0 aromatic heterocycles. The molecule has 366 valence electrons. The van der Waals surface area contributed by atoms with Crippen molar-refractivity contribution in [2.45, 2.75) is 309 Å². The van der Waals surface area contributed by atoms with Crippen LogP contribution >= 0.6 is 0 Å². The smallest absolute Gasteiger partial charge is 0.305 e. The highest BCUT2D eigenvalue weighted by Gasteiger charge is 2.18. The van der Waals surface area contributed by atoms with E-state index in [-0.39, 0.29) is 18.5 Å². The van der Waals surface area contributed by atoms with Gasteiger partial charge in [0.1, 0.15) is 0 Å². The largest absolute Gasteiger partial charge is 0.466 e. The Morgan fingerprint density at radius 3 is 1.15 bits per heavy atom. The fraction of sp³-hybridized carbons (Fsp3) is 0.893. The number of allylic oxidation sites excluding steroid dienone is 3. The third-order valence-corrected chi connectivity index (χ3v) is 12.7. The van der Waals surface area contributed by atoms with Crippen molar-refractivity contribution in [2.75, 3.05) is 13.2 Å². The van der Waals surface area contributed by atoms with E-state index in [0.717, 1.165) is 44.9 Å². The minimum atomic E-state index is -0.848. The molecule has 0 rings (SSSR count). The highest BCUT2D eigenvalue weighted by atomic mass is 16.5. The van der Waals surface area contributed by atoms with Gasteiger partial charge in [0.25, 0.3) is 0 Å². The fourth-order valence-electron chi connectivity index (χ4n) is 8.45. The van der Waals surface area contributed by atoms with E-state index < -0.39 is 12.1 Å². The number of esters is 1. The quantitative estimate of drug-likeness (QED) is 0.0321. The lowest BCUT2D eigenvalue weighted by Crippen LogP contribution is -2.45. The van der Waals surface area contributed by atoms with Gasteiger partial charge in [0.2, 0.25) is 5.91 Å². The number of carbonyl (C=O) groups is 2. The fourth-order valence-corrected chi connectivity index (χ4v) is 8.45. The van der Waals surface area contributed by atoms with Crippen molar-refractivity contribution in [1.29, 1.82) is 0 Å². The summed E-state index contributed by atoms with van der Waals surface area (Å²) < 4.78 is 5.48. The summed E-state index contributed by atoms with van der Waals surface area (Å²) in [5.74, 6) is -0.0730. The van der Waals surface area contributed by atoms with Crippen molar-refractivity contribution in [1.82, 2.24) is 5.32 Å². The molecule has 1 amide bonds. The van der Waals surface area contributed by atoms with E-state index >= 15 is 0 Å². The lowest BCUT2D eigenvalue weighted by Gasteiger charge is -2.20. The summed E-state index contributed by atoms with van der Waals surface area (Å²) in [5.41, 5.74) is 0. The summed E-state index contributed by atoms with van der Waals surface area (Å²) in [5, 5.41) is 22.9. The van der Waals surface area contributed by atoms with E-state index in [4.69, 9.17) is 4.74 Å². The molecule has 0 bridgehead atoms. The molecule has 0 saturated heterocycles. The van der Waals surface area contributed by atoms with E-state index in [1.807, 2.05) is 6.08 Å². The van der Waals surface area contributed by atoms with Gasteiger partial charge in [-0.2, -0.15) is 0 Å². The molecule has 0 fully saturated rings. The zero-order valence-corrected chi connectivity index (χ0v) is 41.6. The molecule has 0 aliphatic heterocycles. The minimum Gasteiger partial charge on any atom is -0.466 e. The van der Waals surface area contributed by atoms with Crippen molar-refractivity contribution in [3.63, 3.8) is 0 Å². The third-order valence-electron chi connectivity index (χ3n) is 12.7. The first-order valence-corrected chi connectivity index (χ1v) is 27.6. The molecule has 0 aliphatic carbocycles. The van der Waals surface area contributed by atoms with Crippen LogP contribution in [-0.4, -0.2) is 47.4 Å². The number of aliphatic hydroxyl groups excluding tert-OH is 2. The van der Waals surface area contributed by atoms with Crippen molar-refractivity contribution >= 4 is 11.9 Å². The number of carbonyl (C=O) groups excluding carboxylic acids is 2. The highest BCUT2D eigenvalue weighted by Crippen LogP contribution is 2.16. The first kappa shape index (κ1) is 60.3. The van der Waals surface area contributed by atoms with Crippen LogP contribution in [0.3, 0.4) is 0 Å². The summed E-state index contributed by atoms with van der Waals surface area (Å²) >= 11 is 0. The van der Waals surface area contributed by atoms with Crippen LogP contribution in [0.2, 0.25) is 0 Å². The molecule has 0 spiro atoms. The number of hydrogen-bond donors (Lipinski definition) is 3. The molecule has 6 nitrogen and oxygen atoms in total. The van der Waals surface area contributed by atoms with Gasteiger partial charge in [-0.1, -0.05) is 250 Å². The molecule has 0 heterocycles. The molecule has 0 saturated carbocycles. The third kappa shape index (κ3) is 47.8. The molecule has 3 N–H and O–H groups in total. The van der Waals surface area contributed by atoms with E-state index in [1.54, 1.807) is 6.08 Å². The Morgan fingerprint density at radius 1 is 0.435 bits per heavy atom. The van der Waals surface area contributed by atoms with E-state index in [1.165, 1.54) is 225 Å². The summed E-state index contributed by atoms with van der Waals surface area (Å²) in [7, 11) is 0. The van der Waals surface area contributed by atoms with Gasteiger partial charge in [0, 0.05) is 12.8 Å². The van der Waals surface area contributed by atoms with Crippen LogP contribution in [0.4, 0.5) is 0 Å². The average molecular weight is 874 g/mol. The summed E-state index contributed by atoms with van der Waals surface area (Å²) in [4.78, 5) is 24.4. The summed E-state index contributed by atoms with van der Waals surface area (Å²) in [6, 6.07) is -0.632. The lowest BCUT2D eigenvalue weighted by atomic mass is 10.0. The maximum absolute atomic E-state index is 12.4. The second-order valence-electron chi connectivity index (χ2n) is 18.9. The van der Waals surface area contributed by atoms with E-state index in [0.29, 0.717) is 19.4 Å². The second-order valence-corrected chi connectivity index (χ2v) is 18.9. The van der Waals surface area contributed by atoms with Crippen LogP contribution in [0.1, 0.15) is 296 Å². The molecule has 62 heavy (non-hydrogen) atoms. The first-order valence-electron chi connectivity index (χ1n) is 27.6. The molecular weight excluding hydrogens is 767 g/mol. The Kier molecular flexibility index (Phi) is 50.6. The second kappa shape index (κ2) is 52.0. The molecule has 0 aromatic carbocycles. The van der Waals surface area contributed by atoms with Gasteiger partial charge in [-0.25, -0.2) is 0 Å². The lowest BCUT2D eigenvalue weighted by molar-refractivity contribution is -0.143. The minimum absolute atomic E-state index is 0.00632. The number of unbranched alkanes of at least 4 members (excludes halogenated alkanes) is 38. The standard InChI is InChI=1S/C56H107NO5/c1-3-5-7-9-11-13-15-16-17-24-27-30-34-38-42-46-50-56(61)62-51-47-43-39-35-31-28-25-22-20-18-19-21-23-26-29-33-37-41-45-49-55(60)57-53(52-58)54(59)48-44-40-36-32-14-12-10-8-6-4-2/h18-19,44,48,53-54,58-59H,3-17,20-43,45-47,49-52H2,1-2H3,(H,57,60)/b19-18-,48-44+. The highest BCUT2D eigenvalue weighted by molar-refractivity contribution is 5.76. The molecule has 6 heteroatoms. The molecule has 2 unspecified atom stereocenters. The average Bonchev–Trinajstić information content (AvgIpc) is 3.27. The number of ether oxygens (including phenoxy) is 1. The number of amides is 1. The van der Waals surface area contributed by atoms with Gasteiger partial charge in [-0.3, -0.25) is 9.59 Å². The van der Waals surface area contributed by atoms with Crippen LogP contribution in [0.15, 0.2) is 24.3 Å². The molecule has 2 atom stereocenters. The maximum atomic E-state index is 12.4. The van der Waals surface area contributed by atoms with Crippen molar-refractivity contribution in [3.05, 3.63) is 24.3 Å². The Hall–Kier alpha value is -1.66. The predicted molar refractivity (Wildman–Crippen MR) is 269 cm³/mol. The topological polar surface area (TPSA) is 95.9 Å². The molecule has 0 radical (unpaired) electrons. The van der Waals surface area contributed by atoms with E-state index in [9.17, 15) is 19.8 Å². The normalized spacial score (nSPS) is 12.8. The number of hydrogen-bond acceptors (Lipinski definition) is 5. The van der Waals surface area contributed by atoms with Crippen LogP contribution in [-0.2, 0) is 14.3 Å². The Bertz CT molecular complexity index is 966. The zero-order valence-electron chi connectivity index (χ0n) is 41.6. The number of aliphatic hydroxyl groups is 2. The Morgan fingerprint density at radius 2 is 0.758 bits per heavy atom. The Balaban J connectivity index is 3.42. The van der Waals surface area contributed by atoms with Crippen molar-refractivity contribution < 1.29 is 24.5 Å². The first-order chi connectivity index (χ1) is 30.5. The van der Waals surface area contributed by atoms with Crippen LogP contribution in [0.5, 0.6) is 0 Å². The Labute approximate surface area is 386 Å². The van der Waals surface area contributed by atoms with Gasteiger partial charge >= 0.3 is 5.97 Å². The molecule has 0 aliphatic rings. The predicted octanol–water partition coefficient (Wildman–Crippen LogP) is 16.7. The van der Waals surface area contributed by atoms with Gasteiger partial charge in [0.15, 0.2) is 0 Å². The van der Waals surface area contributed by atoms with Gasteiger partial charge in [-0.15, -0.1) is 0 Å². The van der Waals surface area contributed by atoms with Crippen molar-refractivity contribution in [3.8, 4) is 0 Å². The molecular formula is C56H107NO5. The van der Waals surface area contributed by atoms with Gasteiger partial charge in [0.05, 0.1) is 25.4 Å². The summed E-state index contributed by atoms with van der Waals surface area (Å²) in [6.07, 6.45) is 62.0. The van der Waals surface area contributed by atoms with Crippen molar-refractivity contribution in [2.24, 2.45) is 0 Å². The van der Waals surface area contributed by atoms with Crippen LogP contribution < -0.4 is 5.32 Å². The zero-order chi connectivity index (χ0) is 45.1. The van der Waals surface area contributed by atoms with Gasteiger partial charge in [-0.05, 0) is 57.8 Å². The number of nitrogens with one attached hydrogen (secondary N) is 1. The number of rotatable bonds is 51. The molecule has 0 aromatic rings. The van der Waals surface area contributed by atoms with Crippen LogP contribution in [0.25, 0.3) is 0 Å². The van der Waals surface area contributed by atoms with Gasteiger partial charge < -0.3 is 20.3 Å². The summed E-state index contributed by atoms with van der Waals surface area (Å²) in [6.45, 7) is 4.88. The maximum Gasteiger partial charge on any atom is 0.305 e. The monoisotopic (exact) mass is 874 g/mol. The van der Waals surface area contributed by atoms with Crippen LogP contribution in [0, 0.1) is 0 Å². The van der Waals surface area contributed by atoms with E-state index in [2.05, 4.69) is 31.3 Å². The SMILES string of the molecule is CCCCCCCCCC/C=C/C(O)C(CO)NC(=O)CCCCCCCCC/C=C\CCCCCCCCCCOC(=O)CCCCCCCCCCCCCCCCCC.